The fourth-order valence-corrected chi connectivity index (χ4v) is 2.63. The van der Waals surface area contributed by atoms with Crippen molar-refractivity contribution in [3.8, 4) is 0 Å². The van der Waals surface area contributed by atoms with Gasteiger partial charge in [-0.3, -0.25) is 9.67 Å². The van der Waals surface area contributed by atoms with E-state index in [9.17, 15) is 0 Å². The van der Waals surface area contributed by atoms with Gasteiger partial charge in [-0.1, -0.05) is 0 Å². The Morgan fingerprint density at radius 3 is 2.96 bits per heavy atom. The van der Waals surface area contributed by atoms with Crippen LogP contribution >= 0.6 is 24.0 Å². The summed E-state index contributed by atoms with van der Waals surface area (Å²) in [6.07, 6.45) is 2.95. The van der Waals surface area contributed by atoms with Crippen LogP contribution in [0.3, 0.4) is 0 Å². The number of halogens is 1. The Morgan fingerprint density at radius 1 is 1.48 bits per heavy atom. The number of aryl methyl sites for hydroxylation is 1. The lowest BCUT2D eigenvalue weighted by Gasteiger charge is -2.21. The molecule has 1 aromatic rings. The average Bonchev–Trinajstić information content (AvgIpc) is 3.14. The van der Waals surface area contributed by atoms with E-state index >= 15 is 0 Å². The minimum atomic E-state index is 0. The SMILES string of the molecule is CN=C(NCc1ccnn1C)N1CCC(COCCOC)C1.I. The summed E-state index contributed by atoms with van der Waals surface area (Å²) >= 11 is 0. The van der Waals surface area contributed by atoms with Crippen molar-refractivity contribution in [1.29, 1.82) is 0 Å². The Bertz CT molecular complexity index is 480. The molecule has 0 aromatic carbocycles. The molecule has 1 unspecified atom stereocenters. The van der Waals surface area contributed by atoms with Crippen molar-refractivity contribution in [3.63, 3.8) is 0 Å². The normalized spacial score (nSPS) is 18.1. The molecule has 1 atom stereocenters. The van der Waals surface area contributed by atoms with Crippen molar-refractivity contribution in [3.05, 3.63) is 18.0 Å². The largest absolute Gasteiger partial charge is 0.382 e. The topological polar surface area (TPSA) is 63.9 Å². The molecule has 1 saturated heterocycles. The molecule has 8 heteroatoms. The van der Waals surface area contributed by atoms with Crippen LogP contribution in [0.2, 0.25) is 0 Å². The third-order valence-corrected chi connectivity index (χ3v) is 3.93. The van der Waals surface area contributed by atoms with Crippen molar-refractivity contribution in [2.24, 2.45) is 18.0 Å². The van der Waals surface area contributed by atoms with E-state index in [0.29, 0.717) is 19.1 Å². The molecule has 0 spiro atoms. The fourth-order valence-electron chi connectivity index (χ4n) is 2.63. The fraction of sp³-hybridized carbons (Fsp3) is 0.733. The number of aromatic nitrogens is 2. The second-order valence-corrected chi connectivity index (χ2v) is 5.52. The summed E-state index contributed by atoms with van der Waals surface area (Å²) in [4.78, 5) is 6.68. The predicted molar refractivity (Wildman–Crippen MR) is 101 cm³/mol. The summed E-state index contributed by atoms with van der Waals surface area (Å²) in [7, 11) is 5.47. The van der Waals surface area contributed by atoms with Gasteiger partial charge in [0.2, 0.25) is 0 Å². The van der Waals surface area contributed by atoms with Gasteiger partial charge < -0.3 is 19.7 Å². The van der Waals surface area contributed by atoms with E-state index in [0.717, 1.165) is 44.3 Å². The van der Waals surface area contributed by atoms with Gasteiger partial charge in [-0.15, -0.1) is 24.0 Å². The molecule has 0 radical (unpaired) electrons. The molecule has 0 aliphatic carbocycles. The Balaban J connectivity index is 0.00000264. The van der Waals surface area contributed by atoms with Gasteiger partial charge in [0.1, 0.15) is 0 Å². The molecule has 0 saturated carbocycles. The number of hydrogen-bond donors (Lipinski definition) is 1. The number of hydrogen-bond acceptors (Lipinski definition) is 4. The predicted octanol–water partition coefficient (Wildman–Crippen LogP) is 1.10. The lowest BCUT2D eigenvalue weighted by atomic mass is 10.1. The number of aliphatic imine (C=N–C) groups is 1. The number of ether oxygens (including phenoxy) is 2. The van der Waals surface area contributed by atoms with Gasteiger partial charge >= 0.3 is 0 Å². The molecule has 132 valence electrons. The van der Waals surface area contributed by atoms with Crippen LogP contribution in [0.15, 0.2) is 17.3 Å². The summed E-state index contributed by atoms with van der Waals surface area (Å²) in [5.74, 6) is 1.51. The maximum atomic E-state index is 5.63. The van der Waals surface area contributed by atoms with E-state index in [-0.39, 0.29) is 24.0 Å². The third-order valence-electron chi connectivity index (χ3n) is 3.93. The standard InChI is InChI=1S/C15H27N5O2.HI/c1-16-15(17-10-14-4-6-18-19(14)2)20-7-5-13(11-20)12-22-9-8-21-3;/h4,6,13H,5,7-12H2,1-3H3,(H,16,17);1H. The van der Waals surface area contributed by atoms with Gasteiger partial charge in [0, 0.05) is 46.4 Å². The summed E-state index contributed by atoms with van der Waals surface area (Å²) in [6.45, 7) is 4.85. The molecular formula is C15H28IN5O2. The number of methoxy groups -OCH3 is 1. The summed E-state index contributed by atoms with van der Waals surface area (Å²) in [5.41, 5.74) is 1.14. The highest BCUT2D eigenvalue weighted by molar-refractivity contribution is 14.0. The Morgan fingerprint density at radius 2 is 2.30 bits per heavy atom. The van der Waals surface area contributed by atoms with Crippen LogP contribution < -0.4 is 5.32 Å². The number of nitrogens with one attached hydrogen (secondary N) is 1. The lowest BCUT2D eigenvalue weighted by Crippen LogP contribution is -2.40. The monoisotopic (exact) mass is 437 g/mol. The van der Waals surface area contributed by atoms with Crippen molar-refractivity contribution in [2.75, 3.05) is 47.1 Å². The van der Waals surface area contributed by atoms with E-state index in [1.807, 2.05) is 31.0 Å². The van der Waals surface area contributed by atoms with E-state index in [1.54, 1.807) is 7.11 Å². The van der Waals surface area contributed by atoms with E-state index < -0.39 is 0 Å². The highest BCUT2D eigenvalue weighted by Gasteiger charge is 2.24. The Labute approximate surface area is 155 Å². The first-order valence-corrected chi connectivity index (χ1v) is 7.73. The molecule has 23 heavy (non-hydrogen) atoms. The van der Waals surface area contributed by atoms with Gasteiger partial charge in [0.05, 0.1) is 32.1 Å². The van der Waals surface area contributed by atoms with Gasteiger partial charge in [0.25, 0.3) is 0 Å². The second kappa shape index (κ2) is 10.8. The molecule has 2 heterocycles. The minimum Gasteiger partial charge on any atom is -0.382 e. The number of rotatable bonds is 7. The molecule has 1 aromatic heterocycles. The molecule has 7 nitrogen and oxygen atoms in total. The zero-order chi connectivity index (χ0) is 15.8. The lowest BCUT2D eigenvalue weighted by molar-refractivity contribution is 0.0536. The van der Waals surface area contributed by atoms with Crippen LogP contribution in [0.4, 0.5) is 0 Å². The molecule has 1 fully saturated rings. The summed E-state index contributed by atoms with van der Waals surface area (Å²) < 4.78 is 12.5. The Kier molecular flexibility index (Phi) is 9.49. The molecule has 1 aliphatic heterocycles. The average molecular weight is 437 g/mol. The Hall–Kier alpha value is -0.870. The van der Waals surface area contributed by atoms with E-state index in [4.69, 9.17) is 9.47 Å². The smallest absolute Gasteiger partial charge is 0.193 e. The third kappa shape index (κ3) is 6.27. The highest BCUT2D eigenvalue weighted by Crippen LogP contribution is 2.16. The number of nitrogens with zero attached hydrogens (tertiary/aromatic N) is 4. The van der Waals surface area contributed by atoms with Crippen molar-refractivity contribution in [2.45, 2.75) is 13.0 Å². The van der Waals surface area contributed by atoms with Crippen molar-refractivity contribution >= 4 is 29.9 Å². The zero-order valence-corrected chi connectivity index (χ0v) is 16.5. The summed E-state index contributed by atoms with van der Waals surface area (Å²) in [6, 6.07) is 2.01. The van der Waals surface area contributed by atoms with Crippen LogP contribution in [0.1, 0.15) is 12.1 Å². The van der Waals surface area contributed by atoms with Crippen molar-refractivity contribution in [1.82, 2.24) is 20.0 Å². The number of guanidine groups is 1. The van der Waals surface area contributed by atoms with E-state index in [2.05, 4.69) is 20.3 Å². The maximum absolute atomic E-state index is 5.63. The molecule has 1 aliphatic rings. The van der Waals surface area contributed by atoms with Gasteiger partial charge in [-0.2, -0.15) is 5.10 Å². The molecule has 2 rings (SSSR count). The minimum absolute atomic E-state index is 0. The molecule has 1 N–H and O–H groups in total. The first kappa shape index (κ1) is 20.2. The van der Waals surface area contributed by atoms with Gasteiger partial charge in [0.15, 0.2) is 5.96 Å². The second-order valence-electron chi connectivity index (χ2n) is 5.52. The van der Waals surface area contributed by atoms with Gasteiger partial charge in [-0.05, 0) is 12.5 Å². The van der Waals surface area contributed by atoms with E-state index in [1.165, 1.54) is 0 Å². The first-order valence-electron chi connectivity index (χ1n) is 7.73. The van der Waals surface area contributed by atoms with Gasteiger partial charge in [-0.25, -0.2) is 0 Å². The van der Waals surface area contributed by atoms with Crippen LogP contribution in [0.25, 0.3) is 0 Å². The number of likely N-dealkylation sites (tertiary alicyclic amines) is 1. The summed E-state index contributed by atoms with van der Waals surface area (Å²) in [5, 5.41) is 7.58. The van der Waals surface area contributed by atoms with Crippen LogP contribution in [-0.4, -0.2) is 67.7 Å². The van der Waals surface area contributed by atoms with Crippen molar-refractivity contribution < 1.29 is 9.47 Å². The molecule has 0 bridgehead atoms. The maximum Gasteiger partial charge on any atom is 0.193 e. The zero-order valence-electron chi connectivity index (χ0n) is 14.2. The van der Waals surface area contributed by atoms with Crippen LogP contribution in [0, 0.1) is 5.92 Å². The molecule has 0 amide bonds. The first-order chi connectivity index (χ1) is 10.7. The van der Waals surface area contributed by atoms with Crippen LogP contribution in [0.5, 0.6) is 0 Å². The highest BCUT2D eigenvalue weighted by atomic mass is 127. The quantitative estimate of drug-likeness (QED) is 0.300. The molecular weight excluding hydrogens is 409 g/mol. The van der Waals surface area contributed by atoms with Crippen LogP contribution in [-0.2, 0) is 23.1 Å².